The highest BCUT2D eigenvalue weighted by Crippen LogP contribution is 2.33. The number of hydrogen-bond donors (Lipinski definition) is 1. The number of rotatable bonds is 1. The van der Waals surface area contributed by atoms with Gasteiger partial charge in [0.25, 0.3) is 0 Å². The van der Waals surface area contributed by atoms with Crippen molar-refractivity contribution < 1.29 is 18.3 Å². The highest BCUT2D eigenvalue weighted by molar-refractivity contribution is 5.80. The van der Waals surface area contributed by atoms with Crippen LogP contribution >= 0.6 is 0 Å². The molecule has 5 heteroatoms. The molecule has 0 amide bonds. The van der Waals surface area contributed by atoms with E-state index in [9.17, 15) is 13.2 Å². The van der Waals surface area contributed by atoms with Gasteiger partial charge in [0.15, 0.2) is 6.10 Å². The highest BCUT2D eigenvalue weighted by Gasteiger charge is 2.39. The SMILES string of the molecule is Cn1ccc2ccc([C@@H](O)C(F)(F)F)cc21. The maximum Gasteiger partial charge on any atom is 0.418 e. The lowest BCUT2D eigenvalue weighted by molar-refractivity contribution is -0.206. The molecule has 16 heavy (non-hydrogen) atoms. The van der Waals surface area contributed by atoms with E-state index in [1.807, 2.05) is 0 Å². The fourth-order valence-corrected chi connectivity index (χ4v) is 1.64. The van der Waals surface area contributed by atoms with E-state index in [0.29, 0.717) is 5.52 Å². The van der Waals surface area contributed by atoms with Gasteiger partial charge in [0, 0.05) is 18.8 Å². The zero-order valence-corrected chi connectivity index (χ0v) is 8.49. The van der Waals surface area contributed by atoms with Crippen LogP contribution in [0, 0.1) is 0 Å². The summed E-state index contributed by atoms with van der Waals surface area (Å²) in [4.78, 5) is 0. The van der Waals surface area contributed by atoms with Crippen molar-refractivity contribution in [2.45, 2.75) is 12.3 Å². The Morgan fingerprint density at radius 3 is 2.56 bits per heavy atom. The zero-order chi connectivity index (χ0) is 11.9. The maximum absolute atomic E-state index is 12.3. The van der Waals surface area contributed by atoms with Crippen molar-refractivity contribution >= 4 is 10.9 Å². The van der Waals surface area contributed by atoms with Gasteiger partial charge in [-0.15, -0.1) is 0 Å². The lowest BCUT2D eigenvalue weighted by atomic mass is 10.1. The molecule has 86 valence electrons. The second kappa shape index (κ2) is 3.52. The van der Waals surface area contributed by atoms with Crippen LogP contribution in [0.3, 0.4) is 0 Å². The molecule has 2 nitrogen and oxygen atoms in total. The van der Waals surface area contributed by atoms with Crippen molar-refractivity contribution in [3.63, 3.8) is 0 Å². The quantitative estimate of drug-likeness (QED) is 0.799. The summed E-state index contributed by atoms with van der Waals surface area (Å²) in [6.45, 7) is 0. The molecule has 1 atom stereocenters. The second-order valence-corrected chi connectivity index (χ2v) is 3.69. The van der Waals surface area contributed by atoms with Crippen molar-refractivity contribution in [3.8, 4) is 0 Å². The van der Waals surface area contributed by atoms with Gasteiger partial charge in [-0.05, 0) is 23.1 Å². The average Bonchev–Trinajstić information content (AvgIpc) is 2.58. The number of halogens is 3. The third-order valence-electron chi connectivity index (χ3n) is 2.54. The number of hydrogen-bond acceptors (Lipinski definition) is 1. The first-order valence-electron chi connectivity index (χ1n) is 4.69. The highest BCUT2D eigenvalue weighted by atomic mass is 19.4. The van der Waals surface area contributed by atoms with Crippen molar-refractivity contribution in [2.24, 2.45) is 7.05 Å². The number of aryl methyl sites for hydroxylation is 1. The van der Waals surface area contributed by atoms with Gasteiger partial charge in [0.1, 0.15) is 0 Å². The van der Waals surface area contributed by atoms with Crippen LogP contribution < -0.4 is 0 Å². The maximum atomic E-state index is 12.3. The normalized spacial score (nSPS) is 14.3. The van der Waals surface area contributed by atoms with E-state index in [0.717, 1.165) is 5.39 Å². The van der Waals surface area contributed by atoms with Crippen LogP contribution in [0.4, 0.5) is 13.2 Å². The topological polar surface area (TPSA) is 25.2 Å². The smallest absolute Gasteiger partial charge is 0.379 e. The van der Waals surface area contributed by atoms with E-state index in [-0.39, 0.29) is 5.56 Å². The van der Waals surface area contributed by atoms with Crippen molar-refractivity contribution in [3.05, 3.63) is 36.0 Å². The molecule has 2 rings (SSSR count). The number of alkyl halides is 3. The van der Waals surface area contributed by atoms with Gasteiger partial charge in [0.2, 0.25) is 0 Å². The third-order valence-corrected chi connectivity index (χ3v) is 2.54. The Morgan fingerprint density at radius 1 is 1.25 bits per heavy atom. The molecule has 0 saturated carbocycles. The zero-order valence-electron chi connectivity index (χ0n) is 8.49. The largest absolute Gasteiger partial charge is 0.418 e. The Kier molecular flexibility index (Phi) is 2.42. The van der Waals surface area contributed by atoms with Gasteiger partial charge in [-0.1, -0.05) is 12.1 Å². The molecule has 0 radical (unpaired) electrons. The monoisotopic (exact) mass is 229 g/mol. The van der Waals surface area contributed by atoms with Crippen molar-refractivity contribution in [1.82, 2.24) is 4.57 Å². The molecule has 0 aliphatic heterocycles. The summed E-state index contributed by atoms with van der Waals surface area (Å²) in [6.07, 6.45) is -5.29. The van der Waals surface area contributed by atoms with Crippen LogP contribution in [0.15, 0.2) is 30.5 Å². The van der Waals surface area contributed by atoms with E-state index in [4.69, 9.17) is 5.11 Å². The van der Waals surface area contributed by atoms with Crippen LogP contribution in [-0.4, -0.2) is 15.8 Å². The summed E-state index contributed by atoms with van der Waals surface area (Å²) in [5.41, 5.74) is 0.530. The molecule has 0 unspecified atom stereocenters. The van der Waals surface area contributed by atoms with Gasteiger partial charge in [-0.3, -0.25) is 0 Å². The first kappa shape index (κ1) is 11.0. The first-order valence-corrected chi connectivity index (χ1v) is 4.69. The molecule has 0 saturated heterocycles. The van der Waals surface area contributed by atoms with Crippen LogP contribution in [0.5, 0.6) is 0 Å². The molecule has 0 fully saturated rings. The molecule has 0 aliphatic rings. The van der Waals surface area contributed by atoms with Crippen LogP contribution in [0.2, 0.25) is 0 Å². The number of nitrogens with zero attached hydrogens (tertiary/aromatic N) is 1. The Labute approximate surface area is 89.9 Å². The van der Waals surface area contributed by atoms with Crippen LogP contribution in [0.1, 0.15) is 11.7 Å². The molecule has 1 heterocycles. The third kappa shape index (κ3) is 1.78. The van der Waals surface area contributed by atoms with E-state index in [1.54, 1.807) is 29.9 Å². The summed E-state index contributed by atoms with van der Waals surface area (Å²) in [6, 6.07) is 6.02. The minimum Gasteiger partial charge on any atom is -0.379 e. The molecule has 2 aromatic rings. The first-order chi connectivity index (χ1) is 7.39. The molecule has 0 bridgehead atoms. The summed E-state index contributed by atoms with van der Waals surface area (Å²) < 4.78 is 38.6. The van der Waals surface area contributed by atoms with Crippen molar-refractivity contribution in [1.29, 1.82) is 0 Å². The minimum absolute atomic E-state index is 0.137. The van der Waals surface area contributed by atoms with Gasteiger partial charge < -0.3 is 9.67 Å². The molecular formula is C11H10F3NO. The Hall–Kier alpha value is -1.49. The number of benzene rings is 1. The predicted octanol–water partition coefficient (Wildman–Crippen LogP) is 2.77. The van der Waals surface area contributed by atoms with E-state index in [2.05, 4.69) is 0 Å². The molecule has 1 aromatic heterocycles. The van der Waals surface area contributed by atoms with Gasteiger partial charge in [-0.25, -0.2) is 0 Å². The standard InChI is InChI=1S/C11H10F3NO/c1-15-5-4-7-2-3-8(6-9(7)15)10(16)11(12,13)14/h2-6,10,16H,1H3/t10-/m1/s1. The molecule has 0 aliphatic carbocycles. The van der Waals surface area contributed by atoms with Gasteiger partial charge in [0.05, 0.1) is 0 Å². The Morgan fingerprint density at radius 2 is 1.94 bits per heavy atom. The molecule has 1 aromatic carbocycles. The summed E-state index contributed by atoms with van der Waals surface area (Å²) in [7, 11) is 1.74. The summed E-state index contributed by atoms with van der Waals surface area (Å²) in [5.74, 6) is 0. The number of fused-ring (bicyclic) bond motifs is 1. The fourth-order valence-electron chi connectivity index (χ4n) is 1.64. The van der Waals surface area contributed by atoms with E-state index < -0.39 is 12.3 Å². The second-order valence-electron chi connectivity index (χ2n) is 3.69. The number of aliphatic hydroxyl groups excluding tert-OH is 1. The lowest BCUT2D eigenvalue weighted by Crippen LogP contribution is -2.20. The molecule has 1 N–H and O–H groups in total. The van der Waals surface area contributed by atoms with Gasteiger partial charge >= 0.3 is 6.18 Å². The fraction of sp³-hybridized carbons (Fsp3) is 0.273. The predicted molar refractivity (Wildman–Crippen MR) is 53.9 cm³/mol. The summed E-state index contributed by atoms with van der Waals surface area (Å²) >= 11 is 0. The van der Waals surface area contributed by atoms with Crippen LogP contribution in [0.25, 0.3) is 10.9 Å². The molecule has 0 spiro atoms. The lowest BCUT2D eigenvalue weighted by Gasteiger charge is -2.14. The van der Waals surface area contributed by atoms with E-state index in [1.165, 1.54) is 12.1 Å². The average molecular weight is 229 g/mol. The molecular weight excluding hydrogens is 219 g/mol. The van der Waals surface area contributed by atoms with Gasteiger partial charge in [-0.2, -0.15) is 13.2 Å². The minimum atomic E-state index is -4.63. The van der Waals surface area contributed by atoms with Crippen LogP contribution in [-0.2, 0) is 7.05 Å². The summed E-state index contributed by atoms with van der Waals surface area (Å²) in [5, 5.41) is 9.96. The Bertz CT molecular complexity index is 515. The Balaban J connectivity index is 2.50. The van der Waals surface area contributed by atoms with E-state index >= 15 is 0 Å². The number of aliphatic hydroxyl groups is 1. The van der Waals surface area contributed by atoms with Crippen molar-refractivity contribution in [2.75, 3.05) is 0 Å². The number of aromatic nitrogens is 1.